The van der Waals surface area contributed by atoms with E-state index < -0.39 is 0 Å². The first kappa shape index (κ1) is 12.4. The number of para-hydroxylation sites is 1. The van der Waals surface area contributed by atoms with Crippen LogP contribution < -0.4 is 4.74 Å². The first-order valence-corrected chi connectivity index (χ1v) is 6.52. The number of nitrogens with zero attached hydrogens (tertiary/aromatic N) is 3. The molecule has 0 bridgehead atoms. The minimum atomic E-state index is 0.359. The molecular weight excluding hydrogens is 305 g/mol. The molecule has 0 N–H and O–H groups in total. The van der Waals surface area contributed by atoms with Crippen molar-refractivity contribution in [3.8, 4) is 5.75 Å². The Bertz CT molecular complexity index is 515. The first-order chi connectivity index (χ1) is 8.20. The van der Waals surface area contributed by atoms with Crippen LogP contribution in [-0.2, 0) is 19.0 Å². The third-order valence-electron chi connectivity index (χ3n) is 2.21. The van der Waals surface area contributed by atoms with Gasteiger partial charge in [0.15, 0.2) is 0 Å². The van der Waals surface area contributed by atoms with Gasteiger partial charge in [-0.3, -0.25) is 4.68 Å². The number of halogens is 2. The van der Waals surface area contributed by atoms with E-state index >= 15 is 0 Å². The molecule has 0 aliphatic carbocycles. The summed E-state index contributed by atoms with van der Waals surface area (Å²) in [6.45, 7) is 0.359. The fourth-order valence-corrected chi connectivity index (χ4v) is 2.12. The lowest BCUT2D eigenvalue weighted by Gasteiger charge is -2.10. The van der Waals surface area contributed by atoms with Gasteiger partial charge in [-0.2, -0.15) is 0 Å². The van der Waals surface area contributed by atoms with Gasteiger partial charge in [0, 0.05) is 17.9 Å². The molecule has 0 saturated carbocycles. The predicted molar refractivity (Wildman–Crippen MR) is 69.4 cm³/mol. The minimum Gasteiger partial charge on any atom is -0.485 e. The summed E-state index contributed by atoms with van der Waals surface area (Å²) in [6, 6.07) is 5.67. The summed E-state index contributed by atoms with van der Waals surface area (Å²) in [6.07, 6.45) is 1.81. The lowest BCUT2D eigenvalue weighted by Crippen LogP contribution is -1.99. The smallest absolute Gasteiger partial charge is 0.142 e. The summed E-state index contributed by atoms with van der Waals surface area (Å²) in [5.41, 5.74) is 1.79. The maximum Gasteiger partial charge on any atom is 0.142 e. The lowest BCUT2D eigenvalue weighted by atomic mass is 10.2. The lowest BCUT2D eigenvalue weighted by molar-refractivity contribution is 0.299. The van der Waals surface area contributed by atoms with Gasteiger partial charge in [0.25, 0.3) is 0 Å². The van der Waals surface area contributed by atoms with E-state index in [0.29, 0.717) is 22.7 Å². The Balaban J connectivity index is 2.13. The highest BCUT2D eigenvalue weighted by Gasteiger charge is 2.08. The Labute approximate surface area is 113 Å². The van der Waals surface area contributed by atoms with Crippen LogP contribution in [0.1, 0.15) is 11.3 Å². The van der Waals surface area contributed by atoms with Gasteiger partial charge >= 0.3 is 0 Å². The van der Waals surface area contributed by atoms with Gasteiger partial charge in [0.2, 0.25) is 0 Å². The molecule has 0 spiro atoms. The molecule has 0 fully saturated rings. The molecule has 0 saturated heterocycles. The molecule has 0 amide bonds. The van der Waals surface area contributed by atoms with Crippen molar-refractivity contribution in [2.75, 3.05) is 0 Å². The molecule has 4 nitrogen and oxygen atoms in total. The third kappa shape index (κ3) is 2.98. The van der Waals surface area contributed by atoms with Crippen LogP contribution in [0.15, 0.2) is 24.4 Å². The van der Waals surface area contributed by atoms with Crippen LogP contribution in [0.2, 0.25) is 5.02 Å². The molecule has 90 valence electrons. The summed E-state index contributed by atoms with van der Waals surface area (Å²) in [4.78, 5) is 0. The number of alkyl halides is 1. The second-order valence-electron chi connectivity index (χ2n) is 3.53. The Kier molecular flexibility index (Phi) is 4.02. The molecule has 6 heteroatoms. The fourth-order valence-electron chi connectivity index (χ4n) is 1.43. The van der Waals surface area contributed by atoms with Crippen molar-refractivity contribution >= 4 is 27.5 Å². The monoisotopic (exact) mass is 315 g/mol. The van der Waals surface area contributed by atoms with Crippen molar-refractivity contribution in [2.45, 2.75) is 11.9 Å². The zero-order valence-corrected chi connectivity index (χ0v) is 11.6. The molecule has 1 aromatic heterocycles. The topological polar surface area (TPSA) is 39.9 Å². The number of rotatable bonds is 4. The Morgan fingerprint density at radius 1 is 1.47 bits per heavy atom. The van der Waals surface area contributed by atoms with Crippen LogP contribution in [0.5, 0.6) is 5.75 Å². The van der Waals surface area contributed by atoms with Gasteiger partial charge < -0.3 is 4.74 Å². The van der Waals surface area contributed by atoms with Crippen LogP contribution in [0.25, 0.3) is 0 Å². The van der Waals surface area contributed by atoms with Crippen LogP contribution >= 0.6 is 27.5 Å². The number of aryl methyl sites for hydroxylation is 1. The van der Waals surface area contributed by atoms with E-state index in [9.17, 15) is 0 Å². The largest absolute Gasteiger partial charge is 0.485 e. The quantitative estimate of drug-likeness (QED) is 0.814. The summed E-state index contributed by atoms with van der Waals surface area (Å²) in [5, 5.41) is 9.09. The second-order valence-corrected chi connectivity index (χ2v) is 4.50. The van der Waals surface area contributed by atoms with Crippen molar-refractivity contribution in [3.63, 3.8) is 0 Å². The number of ether oxygens (including phenoxy) is 1. The van der Waals surface area contributed by atoms with Gasteiger partial charge in [-0.15, -0.1) is 5.10 Å². The van der Waals surface area contributed by atoms with E-state index in [1.807, 2.05) is 25.4 Å². The molecule has 0 radical (unpaired) electrons. The van der Waals surface area contributed by atoms with E-state index in [2.05, 4.69) is 26.2 Å². The molecule has 0 aliphatic rings. The standard InChI is InChI=1S/C11H11BrClN3O/c1-16-6-9(14-15-16)7-17-11-8(5-12)3-2-4-10(11)13/h2-4,6H,5,7H2,1H3. The fraction of sp³-hybridized carbons (Fsp3) is 0.273. The van der Waals surface area contributed by atoms with Gasteiger partial charge in [-0.25, -0.2) is 0 Å². The van der Waals surface area contributed by atoms with Crippen molar-refractivity contribution in [1.29, 1.82) is 0 Å². The van der Waals surface area contributed by atoms with Crippen molar-refractivity contribution in [2.24, 2.45) is 7.05 Å². The van der Waals surface area contributed by atoms with Crippen LogP contribution in [0.4, 0.5) is 0 Å². The first-order valence-electron chi connectivity index (χ1n) is 5.02. The summed E-state index contributed by atoms with van der Waals surface area (Å²) >= 11 is 9.49. The second kappa shape index (κ2) is 5.51. The average Bonchev–Trinajstić information content (AvgIpc) is 2.73. The van der Waals surface area contributed by atoms with Gasteiger partial charge in [-0.1, -0.05) is 44.9 Å². The SMILES string of the molecule is Cn1cc(COc2c(Cl)cccc2CBr)nn1. The minimum absolute atomic E-state index is 0.359. The highest BCUT2D eigenvalue weighted by molar-refractivity contribution is 9.08. The van der Waals surface area contributed by atoms with Gasteiger partial charge in [-0.05, 0) is 6.07 Å². The zero-order chi connectivity index (χ0) is 12.3. The van der Waals surface area contributed by atoms with E-state index in [-0.39, 0.29) is 0 Å². The van der Waals surface area contributed by atoms with E-state index in [4.69, 9.17) is 16.3 Å². The third-order valence-corrected chi connectivity index (χ3v) is 3.11. The Hall–Kier alpha value is -1.07. The van der Waals surface area contributed by atoms with Gasteiger partial charge in [0.05, 0.1) is 11.2 Å². The van der Waals surface area contributed by atoms with Crippen molar-refractivity contribution in [1.82, 2.24) is 15.0 Å². The Morgan fingerprint density at radius 2 is 2.29 bits per heavy atom. The molecule has 0 atom stereocenters. The molecule has 1 aromatic carbocycles. The Morgan fingerprint density at radius 3 is 2.94 bits per heavy atom. The van der Waals surface area contributed by atoms with E-state index in [1.54, 1.807) is 10.7 Å². The molecule has 17 heavy (non-hydrogen) atoms. The molecule has 0 unspecified atom stereocenters. The molecule has 2 aromatic rings. The summed E-state index contributed by atoms with van der Waals surface area (Å²) < 4.78 is 7.32. The van der Waals surface area contributed by atoms with Crippen LogP contribution in [-0.4, -0.2) is 15.0 Å². The van der Waals surface area contributed by atoms with Crippen molar-refractivity contribution in [3.05, 3.63) is 40.7 Å². The molecule has 2 rings (SSSR count). The molecule has 1 heterocycles. The normalized spacial score (nSPS) is 10.5. The average molecular weight is 317 g/mol. The summed E-state index contributed by atoms with van der Waals surface area (Å²) in [5.74, 6) is 0.691. The zero-order valence-electron chi connectivity index (χ0n) is 9.23. The number of aromatic nitrogens is 3. The number of benzene rings is 1. The highest BCUT2D eigenvalue weighted by Crippen LogP contribution is 2.30. The maximum atomic E-state index is 6.09. The van der Waals surface area contributed by atoms with Crippen molar-refractivity contribution < 1.29 is 4.74 Å². The summed E-state index contributed by atoms with van der Waals surface area (Å²) in [7, 11) is 1.82. The molecule has 0 aliphatic heterocycles. The van der Waals surface area contributed by atoms with E-state index in [1.165, 1.54) is 0 Å². The van der Waals surface area contributed by atoms with Crippen LogP contribution in [0.3, 0.4) is 0 Å². The van der Waals surface area contributed by atoms with Gasteiger partial charge in [0.1, 0.15) is 18.1 Å². The predicted octanol–water partition coefficient (Wildman–Crippen LogP) is 2.94. The van der Waals surface area contributed by atoms with E-state index in [0.717, 1.165) is 11.3 Å². The maximum absolute atomic E-state index is 6.09. The number of hydrogen-bond donors (Lipinski definition) is 0. The highest BCUT2D eigenvalue weighted by atomic mass is 79.9. The molecular formula is C11H11BrClN3O. The van der Waals surface area contributed by atoms with Crippen LogP contribution in [0, 0.1) is 0 Å². The number of hydrogen-bond acceptors (Lipinski definition) is 3.